The summed E-state index contributed by atoms with van der Waals surface area (Å²) in [6.45, 7) is 6.98. The highest BCUT2D eigenvalue weighted by atomic mass is 14.8. The van der Waals surface area contributed by atoms with Gasteiger partial charge in [0.15, 0.2) is 0 Å². The molecule has 0 radical (unpaired) electrons. The molecule has 0 saturated heterocycles. The highest BCUT2D eigenvalue weighted by Crippen LogP contribution is 2.33. The molecule has 0 fully saturated rings. The Bertz CT molecular complexity index is 2780. The Morgan fingerprint density at radius 1 is 0.246 bits per heavy atom. The zero-order valence-electron chi connectivity index (χ0n) is 39.1. The average Bonchev–Trinajstić information content (AvgIpc) is 3.42. The minimum atomic E-state index is 0.822. The van der Waals surface area contributed by atoms with E-state index in [0.717, 1.165) is 107 Å². The van der Waals surface area contributed by atoms with Crippen LogP contribution in [0, 0.1) is 20.8 Å². The van der Waals surface area contributed by atoms with E-state index < -0.39 is 0 Å². The fourth-order valence-electron chi connectivity index (χ4n) is 9.39. The molecule has 9 heteroatoms. The predicted octanol–water partition coefficient (Wildman–Crippen LogP) is 12.5. The van der Waals surface area contributed by atoms with Crippen molar-refractivity contribution in [2.45, 2.75) is 59.3 Å². The summed E-state index contributed by atoms with van der Waals surface area (Å²) in [4.78, 5) is 43.3. The molecule has 0 aliphatic carbocycles. The molecule has 0 atom stereocenters. The van der Waals surface area contributed by atoms with Gasteiger partial charge in [-0.25, -0.2) is 15.0 Å². The highest BCUT2D eigenvalue weighted by molar-refractivity contribution is 5.66. The van der Waals surface area contributed by atoms with Crippen molar-refractivity contribution in [3.8, 4) is 68.3 Å². The number of rotatable bonds is 15. The van der Waals surface area contributed by atoms with Crippen LogP contribution < -0.4 is 0 Å². The van der Waals surface area contributed by atoms with E-state index in [-0.39, 0.29) is 0 Å². The molecule has 0 aliphatic heterocycles. The first kappa shape index (κ1) is 44.4. The largest absolute Gasteiger partial charge is 0.255 e. The van der Waals surface area contributed by atoms with Gasteiger partial charge in [-0.2, -0.15) is 0 Å². The minimum Gasteiger partial charge on any atom is -0.255 e. The summed E-state index contributed by atoms with van der Waals surface area (Å²) in [5.74, 6) is 0. The zero-order valence-corrected chi connectivity index (χ0v) is 39.1. The van der Waals surface area contributed by atoms with Crippen molar-refractivity contribution in [1.29, 1.82) is 0 Å². The molecule has 0 aliphatic rings. The lowest BCUT2D eigenvalue weighted by Crippen LogP contribution is -2.11. The smallest absolute Gasteiger partial charge is 0.0897 e. The Morgan fingerprint density at radius 2 is 0.449 bits per heavy atom. The van der Waals surface area contributed by atoms with E-state index in [9.17, 15) is 0 Å². The van der Waals surface area contributed by atoms with Gasteiger partial charge in [0.2, 0.25) is 0 Å². The minimum absolute atomic E-state index is 0.822. The number of hydrogen-bond donors (Lipinski definition) is 0. The zero-order chi connectivity index (χ0) is 46.9. The molecule has 10 aromatic rings. The lowest BCUT2D eigenvalue weighted by atomic mass is 9.82. The van der Waals surface area contributed by atoms with Gasteiger partial charge in [-0.15, -0.1) is 0 Å². The summed E-state index contributed by atoms with van der Waals surface area (Å²) in [5, 5.41) is 0. The Hall–Kier alpha value is -8.43. The van der Waals surface area contributed by atoms with Crippen molar-refractivity contribution in [3.05, 3.63) is 233 Å². The molecule has 0 amide bonds. The maximum atomic E-state index is 5.06. The highest BCUT2D eigenvalue weighted by Gasteiger charge is 2.20. The third-order valence-electron chi connectivity index (χ3n) is 12.9. The quantitative estimate of drug-likeness (QED) is 0.0991. The van der Waals surface area contributed by atoms with Crippen LogP contribution in [0.2, 0.25) is 0 Å². The maximum absolute atomic E-state index is 5.06. The molecule has 9 nitrogen and oxygen atoms in total. The topological polar surface area (TPSA) is 116 Å². The number of pyridine rings is 9. The van der Waals surface area contributed by atoms with Gasteiger partial charge in [0.05, 0.1) is 68.3 Å². The van der Waals surface area contributed by atoms with E-state index in [2.05, 4.69) is 87.1 Å². The van der Waals surface area contributed by atoms with E-state index in [4.69, 9.17) is 15.0 Å². The molecule has 69 heavy (non-hydrogen) atoms. The predicted molar refractivity (Wildman–Crippen MR) is 275 cm³/mol. The van der Waals surface area contributed by atoms with Crippen LogP contribution in [0.5, 0.6) is 0 Å². The fraction of sp³-hybridized carbons (Fsp3) is 0.150. The molecule has 9 aromatic heterocycles. The van der Waals surface area contributed by atoms with Crippen LogP contribution in [-0.2, 0) is 38.5 Å². The summed E-state index contributed by atoms with van der Waals surface area (Å²) in [6, 6.07) is 48.9. The first-order chi connectivity index (χ1) is 33.9. The van der Waals surface area contributed by atoms with Crippen molar-refractivity contribution in [2.24, 2.45) is 0 Å². The van der Waals surface area contributed by atoms with E-state index in [0.29, 0.717) is 0 Å². The van der Waals surface area contributed by atoms with Crippen LogP contribution >= 0.6 is 0 Å². The standard InChI is InChI=1S/C60H51N9/c1-40-46(25-22-43-34-55(49-16-4-10-28-61-49)67-56(35-43)50-17-5-11-29-62-50)41(2)48(27-24-45-38-59(53-20-8-14-32-65-53)69-60(39-45)54-21-9-15-33-66-54)42(3)47(40)26-23-44-36-57(51-18-6-12-30-63-51)68-58(37-44)52-19-7-13-31-64-52/h4-21,28-39H,22-27H2,1-3H3. The lowest BCUT2D eigenvalue weighted by Gasteiger charge is -2.23. The van der Waals surface area contributed by atoms with E-state index in [1.807, 2.05) is 146 Å². The second kappa shape index (κ2) is 20.6. The SMILES string of the molecule is Cc1c(CCc2cc(-c3ccccn3)nc(-c3ccccn3)c2)c(C)c(CCc2cc(-c3ccccn3)nc(-c3ccccn3)c2)c(C)c1CCc1cc(-c2ccccn2)nc(-c2ccccn2)c1. The van der Waals surface area contributed by atoms with Gasteiger partial charge in [-0.3, -0.25) is 29.9 Å². The molecule has 0 N–H and O–H groups in total. The number of aryl methyl sites for hydroxylation is 3. The molecule has 0 unspecified atom stereocenters. The monoisotopic (exact) mass is 897 g/mol. The van der Waals surface area contributed by atoms with Gasteiger partial charge >= 0.3 is 0 Å². The van der Waals surface area contributed by atoms with Crippen LogP contribution in [0.4, 0.5) is 0 Å². The van der Waals surface area contributed by atoms with Gasteiger partial charge in [-0.05, 0) is 219 Å². The fourth-order valence-corrected chi connectivity index (χ4v) is 9.39. The lowest BCUT2D eigenvalue weighted by molar-refractivity contribution is 0.859. The van der Waals surface area contributed by atoms with Crippen LogP contribution in [-0.4, -0.2) is 44.9 Å². The maximum Gasteiger partial charge on any atom is 0.0897 e. The molecule has 10 rings (SSSR count). The van der Waals surface area contributed by atoms with E-state index in [1.54, 1.807) is 0 Å². The first-order valence-corrected chi connectivity index (χ1v) is 23.5. The Balaban J connectivity index is 1.04. The number of nitrogens with zero attached hydrogens (tertiary/aromatic N) is 9. The van der Waals surface area contributed by atoms with Crippen LogP contribution in [0.25, 0.3) is 68.3 Å². The summed E-state index contributed by atoms with van der Waals surface area (Å²) in [6.07, 6.45) is 16.0. The third-order valence-corrected chi connectivity index (χ3v) is 12.9. The molecule has 0 spiro atoms. The number of hydrogen-bond acceptors (Lipinski definition) is 9. The van der Waals surface area contributed by atoms with Crippen molar-refractivity contribution in [1.82, 2.24) is 44.9 Å². The molecule has 9 heterocycles. The number of benzene rings is 1. The van der Waals surface area contributed by atoms with E-state index in [1.165, 1.54) is 50.1 Å². The average molecular weight is 898 g/mol. The Labute approximate surface area is 403 Å². The Morgan fingerprint density at radius 3 is 0.623 bits per heavy atom. The number of aromatic nitrogens is 9. The molecular formula is C60H51N9. The van der Waals surface area contributed by atoms with Crippen molar-refractivity contribution in [3.63, 3.8) is 0 Å². The van der Waals surface area contributed by atoms with Crippen LogP contribution in [0.3, 0.4) is 0 Å². The summed E-state index contributed by atoms with van der Waals surface area (Å²) in [5.41, 5.74) is 21.8. The van der Waals surface area contributed by atoms with Crippen molar-refractivity contribution in [2.75, 3.05) is 0 Å². The third kappa shape index (κ3) is 10.3. The molecular weight excluding hydrogens is 847 g/mol. The second-order valence-corrected chi connectivity index (χ2v) is 17.3. The summed E-state index contributed by atoms with van der Waals surface area (Å²) < 4.78 is 0. The molecule has 1 aromatic carbocycles. The molecule has 0 bridgehead atoms. The van der Waals surface area contributed by atoms with Gasteiger partial charge in [0, 0.05) is 37.2 Å². The van der Waals surface area contributed by atoms with Crippen LogP contribution in [0.15, 0.2) is 183 Å². The molecule has 336 valence electrons. The second-order valence-electron chi connectivity index (χ2n) is 17.3. The normalized spacial score (nSPS) is 11.2. The van der Waals surface area contributed by atoms with Crippen LogP contribution in [0.1, 0.15) is 50.1 Å². The van der Waals surface area contributed by atoms with Gasteiger partial charge in [-0.1, -0.05) is 36.4 Å². The van der Waals surface area contributed by atoms with Crippen molar-refractivity contribution >= 4 is 0 Å². The summed E-state index contributed by atoms with van der Waals surface area (Å²) in [7, 11) is 0. The summed E-state index contributed by atoms with van der Waals surface area (Å²) >= 11 is 0. The first-order valence-electron chi connectivity index (χ1n) is 23.5. The Kier molecular flexibility index (Phi) is 13.3. The molecule has 0 saturated carbocycles. The van der Waals surface area contributed by atoms with Crippen molar-refractivity contribution < 1.29 is 0 Å². The van der Waals surface area contributed by atoms with Gasteiger partial charge in [0.1, 0.15) is 0 Å². The van der Waals surface area contributed by atoms with Gasteiger partial charge < -0.3 is 0 Å². The van der Waals surface area contributed by atoms with E-state index >= 15 is 0 Å². The van der Waals surface area contributed by atoms with Gasteiger partial charge in [0.25, 0.3) is 0 Å².